The van der Waals surface area contributed by atoms with Gasteiger partial charge in [0.15, 0.2) is 5.82 Å². The molecule has 0 fully saturated rings. The van der Waals surface area contributed by atoms with Crippen molar-refractivity contribution < 1.29 is 14.6 Å². The number of aliphatic hydroxyl groups excluding tert-OH is 1. The van der Waals surface area contributed by atoms with E-state index in [1.807, 2.05) is 114 Å². The minimum absolute atomic E-state index is 0.0228. The zero-order valence-electron chi connectivity index (χ0n) is 31.7. The summed E-state index contributed by atoms with van der Waals surface area (Å²) in [6.07, 6.45) is 3.28. The number of benzene rings is 6. The fraction of sp³-hybridized carbons (Fsp3) is 0.109. The Hall–Kier alpha value is -5.37. The molecule has 0 aliphatic heterocycles. The van der Waals surface area contributed by atoms with Crippen molar-refractivity contribution in [2.45, 2.75) is 17.7 Å². The molecule has 8 aromatic rings. The quantitative estimate of drug-likeness (QED) is 0.0654. The van der Waals surface area contributed by atoms with E-state index in [2.05, 4.69) is 116 Å². The summed E-state index contributed by atoms with van der Waals surface area (Å²) < 4.78 is 9.81. The molecule has 0 atom stereocenters. The van der Waals surface area contributed by atoms with Gasteiger partial charge in [0.2, 0.25) is 0 Å². The van der Waals surface area contributed by atoms with Crippen molar-refractivity contribution >= 4 is 52.9 Å². The Bertz CT molecular complexity index is 2210. The van der Waals surface area contributed by atoms with Crippen LogP contribution in [-0.2, 0) is 22.4 Å². The zero-order valence-corrected chi connectivity index (χ0v) is 39.6. The normalized spacial score (nSPS) is 11.0. The average Bonchev–Trinajstić information content (AvgIpc) is 3.99. The number of carbonyl (C=O) groups is 1. The van der Waals surface area contributed by atoms with Crippen LogP contribution in [0.15, 0.2) is 195 Å². The van der Waals surface area contributed by atoms with Gasteiger partial charge in [0.25, 0.3) is 5.82 Å². The van der Waals surface area contributed by atoms with Gasteiger partial charge in [-0.1, -0.05) is 182 Å². The molecule has 0 amide bonds. The Morgan fingerprint density at radius 3 is 1.11 bits per heavy atom. The topological polar surface area (TPSA) is 108 Å². The van der Waals surface area contributed by atoms with E-state index in [0.29, 0.717) is 5.82 Å². The molecule has 0 saturated heterocycles. The first-order valence-electron chi connectivity index (χ1n) is 18.4. The van der Waals surface area contributed by atoms with E-state index in [4.69, 9.17) is 4.74 Å². The number of rotatable bonds is 10. The van der Waals surface area contributed by atoms with E-state index in [1.165, 1.54) is 9.29 Å². The first-order valence-corrected chi connectivity index (χ1v) is 24.0. The summed E-state index contributed by atoms with van der Waals surface area (Å²) in [6.45, 7) is -0.193. The molecule has 8 rings (SSSR count). The molecule has 2 aromatic heterocycles. The molecule has 0 unspecified atom stereocenters. The van der Waals surface area contributed by atoms with Gasteiger partial charge in [0, 0.05) is 0 Å². The Morgan fingerprint density at radius 1 is 0.561 bits per heavy atom. The van der Waals surface area contributed by atoms with E-state index in [-0.39, 0.29) is 12.4 Å². The van der Waals surface area contributed by atoms with Crippen molar-refractivity contribution in [1.29, 1.82) is 0 Å². The Morgan fingerprint density at radius 2 is 0.842 bits per heavy atom. The number of halogens is 1. The molecule has 284 valence electrons. The van der Waals surface area contributed by atoms with Crippen LogP contribution in [-0.4, -0.2) is 74.3 Å². The second kappa shape index (κ2) is 20.2. The van der Waals surface area contributed by atoms with Crippen LogP contribution in [0.25, 0.3) is 0 Å². The van der Waals surface area contributed by atoms with Crippen molar-refractivity contribution in [3.8, 4) is 0 Å². The summed E-state index contributed by atoms with van der Waals surface area (Å²) >= 11 is 3.35. The first-order chi connectivity index (χ1) is 28.0. The molecule has 0 spiro atoms. The Kier molecular flexibility index (Phi) is 14.6. The molecule has 0 aliphatic carbocycles. The molecule has 0 bridgehead atoms. The summed E-state index contributed by atoms with van der Waals surface area (Å²) in [5, 5.41) is 18.6. The van der Waals surface area contributed by atoms with Gasteiger partial charge in [-0.15, -0.1) is 5.10 Å². The standard InChI is InChI=1S/C23H19N3O2.C22H19N3O.CH2I.In.2H/c1-28-22(27)21-24-17-26(25-21)23(18-11-5-2-6-12-18,19-13-7-3-8-14-19)20-15-9-4-10-16-20;26-16-21-23-17-25(24-21)22(18-10-4-1-5-11-18,19-12-6-2-7-13-19)20-14-8-3-9-15-20;1-2;;;/h2-17H,1H3;1-15,17,26H,16H2;1H2;;;. The number of hydrogen-bond donors (Lipinski definition) is 1. The first kappa shape index (κ1) is 41.3. The Labute approximate surface area is 361 Å². The van der Waals surface area contributed by atoms with Crippen molar-refractivity contribution in [1.82, 2.24) is 29.5 Å². The van der Waals surface area contributed by atoms with Crippen LogP contribution in [0.1, 0.15) is 49.8 Å². The van der Waals surface area contributed by atoms with Crippen LogP contribution in [0.3, 0.4) is 0 Å². The SMILES string of the molecule is COC(=O)c1ncn(C(c2ccccc2)(c2ccccc2)c2ccccc2)n1.OCc1ncn(C(c2ccccc2)(c2ccccc2)c2ccccc2)n1.[InH2][CH2]I. The summed E-state index contributed by atoms with van der Waals surface area (Å²) in [7, 11) is 1.32. The second-order valence-corrected chi connectivity index (χ2v) is 24.4. The zero-order chi connectivity index (χ0) is 39.9. The third-order valence-electron chi connectivity index (χ3n) is 9.38. The molecule has 1 N–H and O–H groups in total. The van der Waals surface area contributed by atoms with Crippen molar-refractivity contribution in [2.24, 2.45) is 0 Å². The van der Waals surface area contributed by atoms with E-state index < -0.39 is 17.0 Å². The summed E-state index contributed by atoms with van der Waals surface area (Å²) in [6, 6.07) is 61.0. The van der Waals surface area contributed by atoms with Crippen LogP contribution in [0, 0.1) is 0 Å². The molecular weight excluding hydrogens is 926 g/mol. The predicted octanol–water partition coefficient (Wildman–Crippen LogP) is 7.53. The molecule has 2 heterocycles. The van der Waals surface area contributed by atoms with E-state index in [1.54, 1.807) is 17.3 Å². The average molecular weight is 969 g/mol. The van der Waals surface area contributed by atoms with Crippen LogP contribution < -0.4 is 0 Å². The molecule has 57 heavy (non-hydrogen) atoms. The van der Waals surface area contributed by atoms with Crippen molar-refractivity contribution in [2.75, 3.05) is 9.29 Å². The monoisotopic (exact) mass is 968 g/mol. The summed E-state index contributed by atoms with van der Waals surface area (Å²) in [5.74, 6) is -0.145. The molecule has 6 aromatic carbocycles. The Balaban J connectivity index is 0.000000181. The number of ether oxygens (including phenoxy) is 1. The van der Waals surface area contributed by atoms with Gasteiger partial charge in [-0.3, -0.25) is 0 Å². The number of aromatic nitrogens is 6. The maximum atomic E-state index is 12.0. The van der Waals surface area contributed by atoms with Crippen LogP contribution >= 0.6 is 22.6 Å². The maximum absolute atomic E-state index is 12.0. The number of alkyl halides is 1. The molecule has 0 radical (unpaired) electrons. The number of esters is 1. The van der Waals surface area contributed by atoms with Crippen LogP contribution in [0.2, 0.25) is 0 Å². The fourth-order valence-electron chi connectivity index (χ4n) is 7.01. The van der Waals surface area contributed by atoms with Gasteiger partial charge in [-0.05, 0) is 33.4 Å². The second-order valence-electron chi connectivity index (χ2n) is 12.7. The molecule has 0 saturated carbocycles. The number of hydrogen-bond acceptors (Lipinski definition) is 7. The van der Waals surface area contributed by atoms with Crippen LogP contribution in [0.4, 0.5) is 0 Å². The molecular formula is C46H42IInN6O3. The molecule has 9 nitrogen and oxygen atoms in total. The van der Waals surface area contributed by atoms with Crippen molar-refractivity contribution in [3.63, 3.8) is 0 Å². The van der Waals surface area contributed by atoms with E-state index >= 15 is 0 Å². The number of nitrogens with zero attached hydrogens (tertiary/aromatic N) is 6. The number of aliphatic hydroxyl groups is 1. The van der Waals surface area contributed by atoms with E-state index in [9.17, 15) is 9.90 Å². The third-order valence-corrected chi connectivity index (χ3v) is 9.38. The predicted molar refractivity (Wildman–Crippen MR) is 234 cm³/mol. The fourth-order valence-corrected chi connectivity index (χ4v) is 7.01. The van der Waals surface area contributed by atoms with Gasteiger partial charge < -0.3 is 9.84 Å². The van der Waals surface area contributed by atoms with Gasteiger partial charge in [-0.2, -0.15) is 5.10 Å². The van der Waals surface area contributed by atoms with E-state index in [0.717, 1.165) is 57.8 Å². The van der Waals surface area contributed by atoms with Gasteiger partial charge in [0.05, 0.1) is 7.11 Å². The van der Waals surface area contributed by atoms with Gasteiger partial charge in [0.1, 0.15) is 30.3 Å². The van der Waals surface area contributed by atoms with Gasteiger partial charge in [-0.25, -0.2) is 24.1 Å². The third kappa shape index (κ3) is 8.80. The van der Waals surface area contributed by atoms with Crippen LogP contribution in [0.5, 0.6) is 0 Å². The van der Waals surface area contributed by atoms with Crippen molar-refractivity contribution in [3.05, 3.63) is 240 Å². The number of methoxy groups -OCH3 is 1. The van der Waals surface area contributed by atoms with Gasteiger partial charge >= 0.3 is 55.1 Å². The molecule has 11 heteroatoms. The number of carbonyl (C=O) groups excluding carboxylic acids is 1. The summed E-state index contributed by atoms with van der Waals surface area (Å²) in [5.41, 5.74) is 4.79. The summed E-state index contributed by atoms with van der Waals surface area (Å²) in [4.78, 5) is 20.5. The minimum atomic E-state index is -0.789. The molecule has 0 aliphatic rings.